The Kier molecular flexibility index (Phi) is 1.27. The maximum absolute atomic E-state index is 10.7. The summed E-state index contributed by atoms with van der Waals surface area (Å²) < 4.78 is 0. The number of carbonyl (C=O) groups is 1. The number of rotatable bonds is 1. The standard InChI is InChI=1S/C8H13NO2/c9-6-4-5(7(10)11)8(6)2-1-3-8/h5-6H,1-4,9H2,(H,10,11). The van der Waals surface area contributed by atoms with Crippen LogP contribution >= 0.6 is 0 Å². The van der Waals surface area contributed by atoms with Crippen molar-refractivity contribution in [2.45, 2.75) is 31.7 Å². The van der Waals surface area contributed by atoms with Crippen molar-refractivity contribution in [3.05, 3.63) is 0 Å². The van der Waals surface area contributed by atoms with Gasteiger partial charge in [-0.25, -0.2) is 0 Å². The van der Waals surface area contributed by atoms with Crippen LogP contribution in [-0.4, -0.2) is 17.1 Å². The fourth-order valence-electron chi connectivity index (χ4n) is 2.47. The first kappa shape index (κ1) is 7.10. The molecule has 11 heavy (non-hydrogen) atoms. The summed E-state index contributed by atoms with van der Waals surface area (Å²) in [6.07, 6.45) is 3.92. The van der Waals surface area contributed by atoms with Gasteiger partial charge in [0.1, 0.15) is 0 Å². The topological polar surface area (TPSA) is 63.3 Å². The number of nitrogens with two attached hydrogens (primary N) is 1. The Morgan fingerprint density at radius 2 is 2.18 bits per heavy atom. The Balaban J connectivity index is 2.11. The molecule has 0 heterocycles. The average molecular weight is 155 g/mol. The Labute approximate surface area is 65.6 Å². The van der Waals surface area contributed by atoms with E-state index >= 15 is 0 Å². The lowest BCUT2D eigenvalue weighted by Crippen LogP contribution is -2.63. The van der Waals surface area contributed by atoms with Gasteiger partial charge in [-0.3, -0.25) is 4.79 Å². The maximum Gasteiger partial charge on any atom is 0.307 e. The first-order valence-electron chi connectivity index (χ1n) is 4.15. The minimum atomic E-state index is -0.647. The van der Waals surface area contributed by atoms with Gasteiger partial charge in [0, 0.05) is 6.04 Å². The largest absolute Gasteiger partial charge is 0.481 e. The minimum absolute atomic E-state index is 0.0197. The number of aliphatic carboxylic acids is 1. The zero-order chi connectivity index (χ0) is 8.06. The van der Waals surface area contributed by atoms with E-state index in [4.69, 9.17) is 10.8 Å². The van der Waals surface area contributed by atoms with Crippen LogP contribution in [0.4, 0.5) is 0 Å². The Morgan fingerprint density at radius 1 is 1.55 bits per heavy atom. The summed E-state index contributed by atoms with van der Waals surface area (Å²) in [5.41, 5.74) is 5.80. The van der Waals surface area contributed by atoms with E-state index in [9.17, 15) is 4.79 Å². The van der Waals surface area contributed by atoms with Crippen LogP contribution in [0.15, 0.2) is 0 Å². The molecule has 0 amide bonds. The quantitative estimate of drug-likeness (QED) is 0.582. The monoisotopic (exact) mass is 155 g/mol. The second-order valence-electron chi connectivity index (χ2n) is 3.82. The zero-order valence-corrected chi connectivity index (χ0v) is 6.42. The van der Waals surface area contributed by atoms with Gasteiger partial charge in [0.25, 0.3) is 0 Å². The molecule has 0 radical (unpaired) electrons. The van der Waals surface area contributed by atoms with Crippen LogP contribution in [0, 0.1) is 11.3 Å². The van der Waals surface area contributed by atoms with Gasteiger partial charge in [-0.15, -0.1) is 0 Å². The van der Waals surface area contributed by atoms with Crippen LogP contribution in [0.3, 0.4) is 0 Å². The molecule has 2 aliphatic rings. The number of carboxylic acids is 1. The molecule has 0 aliphatic heterocycles. The van der Waals surface area contributed by atoms with E-state index in [1.54, 1.807) is 0 Å². The fraction of sp³-hybridized carbons (Fsp3) is 0.875. The molecule has 0 aromatic carbocycles. The summed E-state index contributed by atoms with van der Waals surface area (Å²) in [5, 5.41) is 8.80. The summed E-state index contributed by atoms with van der Waals surface area (Å²) in [7, 11) is 0. The summed E-state index contributed by atoms with van der Waals surface area (Å²) in [6.45, 7) is 0. The third kappa shape index (κ3) is 0.692. The van der Waals surface area contributed by atoms with E-state index in [2.05, 4.69) is 0 Å². The molecule has 2 saturated carbocycles. The molecule has 0 aromatic heterocycles. The predicted molar refractivity (Wildman–Crippen MR) is 40.0 cm³/mol. The van der Waals surface area contributed by atoms with E-state index in [0.29, 0.717) is 6.42 Å². The Hall–Kier alpha value is -0.570. The normalized spacial score (nSPS) is 39.4. The van der Waals surface area contributed by atoms with Gasteiger partial charge >= 0.3 is 5.97 Å². The van der Waals surface area contributed by atoms with E-state index in [1.807, 2.05) is 0 Å². The summed E-state index contributed by atoms with van der Waals surface area (Å²) >= 11 is 0. The average Bonchev–Trinajstić information content (AvgIpc) is 1.78. The van der Waals surface area contributed by atoms with E-state index in [-0.39, 0.29) is 17.4 Å². The number of hydrogen-bond donors (Lipinski definition) is 2. The molecule has 2 rings (SSSR count). The highest BCUT2D eigenvalue weighted by Gasteiger charge is 2.59. The fourth-order valence-corrected chi connectivity index (χ4v) is 2.47. The maximum atomic E-state index is 10.7. The number of carboxylic acid groups (broad SMARTS) is 1. The van der Waals surface area contributed by atoms with Crippen LogP contribution < -0.4 is 5.73 Å². The molecule has 2 unspecified atom stereocenters. The van der Waals surface area contributed by atoms with Crippen molar-refractivity contribution in [3.63, 3.8) is 0 Å². The first-order chi connectivity index (χ1) is 5.17. The minimum Gasteiger partial charge on any atom is -0.481 e. The van der Waals surface area contributed by atoms with Crippen LogP contribution in [0.25, 0.3) is 0 Å². The lowest BCUT2D eigenvalue weighted by Gasteiger charge is -2.58. The van der Waals surface area contributed by atoms with Gasteiger partial charge in [0.15, 0.2) is 0 Å². The second kappa shape index (κ2) is 1.97. The van der Waals surface area contributed by atoms with Crippen molar-refractivity contribution in [1.82, 2.24) is 0 Å². The Morgan fingerprint density at radius 3 is 2.36 bits per heavy atom. The SMILES string of the molecule is NC1CC(C(=O)O)C12CCC2. The van der Waals surface area contributed by atoms with Crippen molar-refractivity contribution >= 4 is 5.97 Å². The molecule has 2 aliphatic carbocycles. The molecule has 0 saturated heterocycles. The van der Waals surface area contributed by atoms with Gasteiger partial charge in [-0.05, 0) is 24.7 Å². The van der Waals surface area contributed by atoms with Crippen molar-refractivity contribution in [3.8, 4) is 0 Å². The molecule has 1 spiro atoms. The predicted octanol–water partition coefficient (Wildman–Crippen LogP) is 0.588. The van der Waals surface area contributed by atoms with Crippen molar-refractivity contribution in [2.24, 2.45) is 17.1 Å². The van der Waals surface area contributed by atoms with Gasteiger partial charge < -0.3 is 10.8 Å². The van der Waals surface area contributed by atoms with Crippen LogP contribution in [-0.2, 0) is 4.79 Å². The molecule has 2 fully saturated rings. The highest BCUT2D eigenvalue weighted by molar-refractivity contribution is 5.73. The highest BCUT2D eigenvalue weighted by atomic mass is 16.4. The van der Waals surface area contributed by atoms with Gasteiger partial charge in [0.2, 0.25) is 0 Å². The van der Waals surface area contributed by atoms with Gasteiger partial charge in [0.05, 0.1) is 5.92 Å². The molecule has 0 bridgehead atoms. The Bertz CT molecular complexity index is 198. The van der Waals surface area contributed by atoms with Crippen LogP contribution in [0.5, 0.6) is 0 Å². The molecule has 3 N–H and O–H groups in total. The molecule has 3 nitrogen and oxygen atoms in total. The van der Waals surface area contributed by atoms with Gasteiger partial charge in [-0.1, -0.05) is 6.42 Å². The molecule has 2 atom stereocenters. The van der Waals surface area contributed by atoms with Crippen molar-refractivity contribution in [2.75, 3.05) is 0 Å². The molecule has 0 aromatic rings. The third-order valence-electron chi connectivity index (χ3n) is 3.50. The van der Waals surface area contributed by atoms with Crippen molar-refractivity contribution in [1.29, 1.82) is 0 Å². The van der Waals surface area contributed by atoms with Crippen LogP contribution in [0.2, 0.25) is 0 Å². The van der Waals surface area contributed by atoms with E-state index < -0.39 is 5.97 Å². The zero-order valence-electron chi connectivity index (χ0n) is 6.42. The summed E-state index contributed by atoms with van der Waals surface area (Å²) in [6, 6.07) is 0.164. The third-order valence-corrected chi connectivity index (χ3v) is 3.50. The van der Waals surface area contributed by atoms with Crippen LogP contribution in [0.1, 0.15) is 25.7 Å². The first-order valence-corrected chi connectivity index (χ1v) is 4.15. The molecule has 62 valence electrons. The summed E-state index contributed by atoms with van der Waals surface area (Å²) in [5.74, 6) is -0.780. The summed E-state index contributed by atoms with van der Waals surface area (Å²) in [4.78, 5) is 10.7. The smallest absolute Gasteiger partial charge is 0.307 e. The highest BCUT2D eigenvalue weighted by Crippen LogP contribution is 2.58. The lowest BCUT2D eigenvalue weighted by molar-refractivity contribution is -0.165. The molecular weight excluding hydrogens is 142 g/mol. The number of hydrogen-bond acceptors (Lipinski definition) is 2. The molecular formula is C8H13NO2. The molecule has 3 heteroatoms. The van der Waals surface area contributed by atoms with Crippen molar-refractivity contribution < 1.29 is 9.90 Å². The van der Waals surface area contributed by atoms with E-state index in [0.717, 1.165) is 19.3 Å². The van der Waals surface area contributed by atoms with Gasteiger partial charge in [-0.2, -0.15) is 0 Å². The second-order valence-corrected chi connectivity index (χ2v) is 3.82. The van der Waals surface area contributed by atoms with E-state index in [1.165, 1.54) is 0 Å². The lowest BCUT2D eigenvalue weighted by atomic mass is 9.47.